The van der Waals surface area contributed by atoms with Gasteiger partial charge in [-0.3, -0.25) is 9.69 Å². The first-order valence-corrected chi connectivity index (χ1v) is 11.3. The average Bonchev–Trinajstić information content (AvgIpc) is 3.13. The second-order valence-electron chi connectivity index (χ2n) is 7.79. The minimum atomic E-state index is -0.445. The Balaban J connectivity index is 1.37. The highest BCUT2D eigenvalue weighted by atomic mass is 35.5. The van der Waals surface area contributed by atoms with Gasteiger partial charge >= 0.3 is 0 Å². The molecule has 1 N–H and O–H groups in total. The number of hydrogen-bond acceptors (Lipinski definition) is 7. The summed E-state index contributed by atoms with van der Waals surface area (Å²) < 4.78 is 6.57. The lowest BCUT2D eigenvalue weighted by molar-refractivity contribution is 0.00791. The molecule has 2 aliphatic rings. The molecule has 1 saturated carbocycles. The molecule has 1 aromatic carbocycles. The highest BCUT2D eigenvalue weighted by Gasteiger charge is 2.27. The maximum absolute atomic E-state index is 11.6. The summed E-state index contributed by atoms with van der Waals surface area (Å²) in [6.07, 6.45) is 6.26. The van der Waals surface area contributed by atoms with Crippen LogP contribution in [0.15, 0.2) is 24.5 Å². The number of halogens is 1. The SMILES string of the molecule is O=C(Cl)c1ccc2sc3ncnc(N[C@H]4CC[C@H](N5CCOCC5)CC4)c3c2c1. The van der Waals surface area contributed by atoms with Crippen molar-refractivity contribution in [1.82, 2.24) is 14.9 Å². The van der Waals surface area contributed by atoms with Gasteiger partial charge in [-0.2, -0.15) is 0 Å². The molecular weight excluding hydrogens is 408 g/mol. The number of ether oxygens (including phenoxy) is 1. The smallest absolute Gasteiger partial charge is 0.252 e. The van der Waals surface area contributed by atoms with E-state index >= 15 is 0 Å². The number of anilines is 1. The third kappa shape index (κ3) is 3.84. The molecule has 2 fully saturated rings. The van der Waals surface area contributed by atoms with Crippen molar-refractivity contribution in [3.05, 3.63) is 30.1 Å². The van der Waals surface area contributed by atoms with E-state index in [1.54, 1.807) is 23.7 Å². The minimum absolute atomic E-state index is 0.401. The second kappa shape index (κ2) is 8.14. The van der Waals surface area contributed by atoms with E-state index in [1.165, 1.54) is 12.8 Å². The van der Waals surface area contributed by atoms with Gasteiger partial charge < -0.3 is 10.1 Å². The van der Waals surface area contributed by atoms with Gasteiger partial charge in [0.05, 0.1) is 18.6 Å². The molecule has 3 heterocycles. The number of fused-ring (bicyclic) bond motifs is 3. The molecule has 1 aliphatic heterocycles. The quantitative estimate of drug-likeness (QED) is 0.623. The van der Waals surface area contributed by atoms with Gasteiger partial charge in [-0.25, -0.2) is 9.97 Å². The lowest BCUT2D eigenvalue weighted by Gasteiger charge is -2.39. The molecule has 0 bridgehead atoms. The van der Waals surface area contributed by atoms with Crippen molar-refractivity contribution in [1.29, 1.82) is 0 Å². The topological polar surface area (TPSA) is 67.4 Å². The van der Waals surface area contributed by atoms with Crippen molar-refractivity contribution in [3.8, 4) is 0 Å². The Bertz CT molecular complexity index is 1040. The Morgan fingerprint density at radius 2 is 1.97 bits per heavy atom. The molecule has 0 amide bonds. The second-order valence-corrected chi connectivity index (χ2v) is 9.16. The Labute approximate surface area is 178 Å². The summed E-state index contributed by atoms with van der Waals surface area (Å²) in [5, 5.41) is 5.20. The molecular formula is C21H23ClN4O2S. The van der Waals surface area contributed by atoms with Crippen molar-refractivity contribution in [2.24, 2.45) is 0 Å². The van der Waals surface area contributed by atoms with E-state index < -0.39 is 5.24 Å². The normalized spacial score (nSPS) is 23.5. The van der Waals surface area contributed by atoms with E-state index in [0.29, 0.717) is 17.6 Å². The van der Waals surface area contributed by atoms with Crippen LogP contribution in [0, 0.1) is 0 Å². The first kappa shape index (κ1) is 19.2. The summed E-state index contributed by atoms with van der Waals surface area (Å²) in [5.41, 5.74) is 0.500. The van der Waals surface area contributed by atoms with Gasteiger partial charge in [0.1, 0.15) is 17.0 Å². The van der Waals surface area contributed by atoms with Crippen LogP contribution in [0.4, 0.5) is 5.82 Å². The fraction of sp³-hybridized carbons (Fsp3) is 0.476. The highest BCUT2D eigenvalue weighted by molar-refractivity contribution is 7.25. The predicted octanol–water partition coefficient (Wildman–Crippen LogP) is 4.28. The van der Waals surface area contributed by atoms with Crippen LogP contribution in [0.1, 0.15) is 36.0 Å². The molecule has 29 heavy (non-hydrogen) atoms. The third-order valence-electron chi connectivity index (χ3n) is 6.09. The number of benzene rings is 1. The lowest BCUT2D eigenvalue weighted by Crippen LogP contribution is -2.46. The Kier molecular flexibility index (Phi) is 5.39. The Morgan fingerprint density at radius 1 is 1.17 bits per heavy atom. The largest absolute Gasteiger partial charge is 0.379 e. The zero-order chi connectivity index (χ0) is 19.8. The van der Waals surface area contributed by atoms with E-state index in [4.69, 9.17) is 16.3 Å². The minimum Gasteiger partial charge on any atom is -0.379 e. The summed E-state index contributed by atoms with van der Waals surface area (Å²) in [6, 6.07) is 6.63. The van der Waals surface area contributed by atoms with E-state index in [9.17, 15) is 4.79 Å². The summed E-state index contributed by atoms with van der Waals surface area (Å²) in [6.45, 7) is 3.82. The van der Waals surface area contributed by atoms with Gasteiger partial charge in [0.25, 0.3) is 5.24 Å². The van der Waals surface area contributed by atoms with E-state index in [0.717, 1.165) is 65.3 Å². The molecule has 0 atom stereocenters. The summed E-state index contributed by atoms with van der Waals surface area (Å²) >= 11 is 7.31. The van der Waals surface area contributed by atoms with Crippen LogP contribution < -0.4 is 5.32 Å². The molecule has 1 saturated heterocycles. The zero-order valence-corrected chi connectivity index (χ0v) is 17.6. The number of rotatable bonds is 4. The van der Waals surface area contributed by atoms with Crippen LogP contribution in [0.25, 0.3) is 20.3 Å². The van der Waals surface area contributed by atoms with Crippen LogP contribution in [0.3, 0.4) is 0 Å². The van der Waals surface area contributed by atoms with Gasteiger partial charge in [0, 0.05) is 40.8 Å². The van der Waals surface area contributed by atoms with Crippen LogP contribution in [0.2, 0.25) is 0 Å². The fourth-order valence-corrected chi connectivity index (χ4v) is 5.70. The van der Waals surface area contributed by atoms with Gasteiger partial charge in [-0.15, -0.1) is 11.3 Å². The monoisotopic (exact) mass is 430 g/mol. The van der Waals surface area contributed by atoms with Crippen molar-refractivity contribution in [2.75, 3.05) is 31.6 Å². The van der Waals surface area contributed by atoms with Crippen LogP contribution in [-0.4, -0.2) is 58.5 Å². The Hall–Kier alpha value is -1.80. The van der Waals surface area contributed by atoms with Crippen LogP contribution >= 0.6 is 22.9 Å². The van der Waals surface area contributed by atoms with E-state index in [1.807, 2.05) is 12.1 Å². The maximum Gasteiger partial charge on any atom is 0.252 e. The maximum atomic E-state index is 11.6. The predicted molar refractivity (Wildman–Crippen MR) is 117 cm³/mol. The van der Waals surface area contributed by atoms with Crippen molar-refractivity contribution in [3.63, 3.8) is 0 Å². The first-order valence-electron chi connectivity index (χ1n) is 10.1. The van der Waals surface area contributed by atoms with Crippen molar-refractivity contribution < 1.29 is 9.53 Å². The third-order valence-corrected chi connectivity index (χ3v) is 7.39. The Morgan fingerprint density at radius 3 is 2.72 bits per heavy atom. The fourth-order valence-electron chi connectivity index (χ4n) is 4.56. The molecule has 5 rings (SSSR count). The molecule has 6 nitrogen and oxygen atoms in total. The molecule has 0 unspecified atom stereocenters. The van der Waals surface area contributed by atoms with Crippen LogP contribution in [0.5, 0.6) is 0 Å². The van der Waals surface area contributed by atoms with Crippen molar-refractivity contribution in [2.45, 2.75) is 37.8 Å². The number of carbonyl (C=O) groups excluding carboxylic acids is 1. The molecule has 0 radical (unpaired) electrons. The van der Waals surface area contributed by atoms with Gasteiger partial charge in [-0.1, -0.05) is 0 Å². The number of hydrogen-bond donors (Lipinski definition) is 1. The molecule has 8 heteroatoms. The van der Waals surface area contributed by atoms with Gasteiger partial charge in [-0.05, 0) is 55.5 Å². The molecule has 2 aromatic heterocycles. The molecule has 3 aromatic rings. The molecule has 0 spiro atoms. The van der Waals surface area contributed by atoms with Crippen LogP contribution in [-0.2, 0) is 4.74 Å². The number of morpholine rings is 1. The lowest BCUT2D eigenvalue weighted by atomic mass is 9.90. The number of aromatic nitrogens is 2. The summed E-state index contributed by atoms with van der Waals surface area (Å²) in [5.74, 6) is 0.857. The number of thiophene rings is 1. The summed E-state index contributed by atoms with van der Waals surface area (Å²) in [7, 11) is 0. The molecule has 1 aliphatic carbocycles. The van der Waals surface area contributed by atoms with Gasteiger partial charge in [0.2, 0.25) is 0 Å². The zero-order valence-electron chi connectivity index (χ0n) is 16.1. The number of nitrogens with one attached hydrogen (secondary N) is 1. The number of carbonyl (C=O) groups is 1. The molecule has 152 valence electrons. The standard InChI is InChI=1S/C21H23ClN4O2S/c22-19(27)13-1-6-17-16(11-13)18-20(23-12-24-21(18)29-17)25-14-2-4-15(5-3-14)26-7-9-28-10-8-26/h1,6,11-12,14-15H,2-5,7-10H2,(H,23,24,25)/t14-,15-. The highest BCUT2D eigenvalue weighted by Crippen LogP contribution is 2.37. The number of nitrogens with zero attached hydrogens (tertiary/aromatic N) is 3. The van der Waals surface area contributed by atoms with Gasteiger partial charge in [0.15, 0.2) is 0 Å². The van der Waals surface area contributed by atoms with E-state index in [2.05, 4.69) is 20.2 Å². The summed E-state index contributed by atoms with van der Waals surface area (Å²) in [4.78, 5) is 24.1. The van der Waals surface area contributed by atoms with Crippen molar-refractivity contribution >= 4 is 54.3 Å². The van der Waals surface area contributed by atoms with E-state index in [-0.39, 0.29) is 0 Å². The first-order chi connectivity index (χ1) is 14.2. The average molecular weight is 431 g/mol.